The van der Waals surface area contributed by atoms with E-state index >= 15 is 0 Å². The molecule has 4 rings (SSSR count). The number of rotatable bonds is 1. The highest BCUT2D eigenvalue weighted by Crippen LogP contribution is 2.38. The largest absolute Gasteiger partial charge is 0.483 e. The molecule has 2 heterocycles. The van der Waals surface area contributed by atoms with Crippen LogP contribution in [-0.4, -0.2) is 18.7 Å². The van der Waals surface area contributed by atoms with Gasteiger partial charge in [-0.2, -0.15) is 0 Å². The Bertz CT molecular complexity index is 1120. The zero-order valence-electron chi connectivity index (χ0n) is 14.1. The minimum Gasteiger partial charge on any atom is -0.483 e. The molecule has 5 nitrogen and oxygen atoms in total. The van der Waals surface area contributed by atoms with Gasteiger partial charge in [0.2, 0.25) is 5.43 Å². The fourth-order valence-corrected chi connectivity index (χ4v) is 3.12. The van der Waals surface area contributed by atoms with Gasteiger partial charge in [0.05, 0.1) is 23.4 Å². The van der Waals surface area contributed by atoms with Gasteiger partial charge in [0.15, 0.2) is 0 Å². The Kier molecular flexibility index (Phi) is 3.22. The van der Waals surface area contributed by atoms with Crippen LogP contribution in [0.4, 0.5) is 0 Å². The van der Waals surface area contributed by atoms with Crippen molar-refractivity contribution in [1.29, 1.82) is 0 Å². The first-order valence-corrected chi connectivity index (χ1v) is 7.90. The van der Waals surface area contributed by atoms with Crippen LogP contribution in [0.2, 0.25) is 0 Å². The number of carbonyl (C=O) groups excluding carboxylic acids is 1. The lowest BCUT2D eigenvalue weighted by molar-refractivity contribution is 0.0601. The Morgan fingerprint density at radius 1 is 1.16 bits per heavy atom. The SMILES string of the molecule is COC(=O)c1c2c(cc3oc4ccccc4c(=O)c13)OC(C)(C)C=C2. The molecule has 0 radical (unpaired) electrons. The lowest BCUT2D eigenvalue weighted by Crippen LogP contribution is -2.28. The molecule has 0 aliphatic carbocycles. The lowest BCUT2D eigenvalue weighted by Gasteiger charge is -2.28. The van der Waals surface area contributed by atoms with Crippen molar-refractivity contribution in [3.63, 3.8) is 0 Å². The van der Waals surface area contributed by atoms with Crippen LogP contribution in [0.3, 0.4) is 0 Å². The summed E-state index contributed by atoms with van der Waals surface area (Å²) in [5.74, 6) is -0.115. The van der Waals surface area contributed by atoms with Gasteiger partial charge >= 0.3 is 5.97 Å². The van der Waals surface area contributed by atoms with Crippen LogP contribution >= 0.6 is 0 Å². The second kappa shape index (κ2) is 5.21. The molecule has 1 aliphatic rings. The number of carbonyl (C=O) groups is 1. The molecule has 0 saturated carbocycles. The molecule has 0 atom stereocenters. The number of ether oxygens (including phenoxy) is 2. The van der Waals surface area contributed by atoms with Crippen LogP contribution in [0.5, 0.6) is 5.75 Å². The maximum atomic E-state index is 13.0. The van der Waals surface area contributed by atoms with E-state index in [1.165, 1.54) is 7.11 Å². The van der Waals surface area contributed by atoms with Gasteiger partial charge in [0, 0.05) is 11.6 Å². The van der Waals surface area contributed by atoms with Crippen molar-refractivity contribution in [2.75, 3.05) is 7.11 Å². The average Bonchev–Trinajstić information content (AvgIpc) is 2.58. The van der Waals surface area contributed by atoms with Crippen molar-refractivity contribution < 1.29 is 18.7 Å². The van der Waals surface area contributed by atoms with E-state index in [-0.39, 0.29) is 16.4 Å². The van der Waals surface area contributed by atoms with Gasteiger partial charge in [0.25, 0.3) is 0 Å². The summed E-state index contributed by atoms with van der Waals surface area (Å²) < 4.78 is 16.8. The molecule has 0 unspecified atom stereocenters. The minimum atomic E-state index is -0.600. The number of methoxy groups -OCH3 is 1. The van der Waals surface area contributed by atoms with Crippen molar-refractivity contribution in [3.8, 4) is 5.75 Å². The molecular weight excluding hydrogens is 320 g/mol. The number of esters is 1. The Morgan fingerprint density at radius 3 is 2.68 bits per heavy atom. The highest BCUT2D eigenvalue weighted by molar-refractivity contribution is 6.09. The van der Waals surface area contributed by atoms with E-state index < -0.39 is 11.6 Å². The van der Waals surface area contributed by atoms with Crippen molar-refractivity contribution >= 4 is 34.0 Å². The number of benzene rings is 2. The molecule has 0 N–H and O–H groups in total. The predicted octanol–water partition coefficient (Wildman–Crippen LogP) is 3.92. The van der Waals surface area contributed by atoms with Gasteiger partial charge in [0.1, 0.15) is 22.5 Å². The third-order valence-electron chi connectivity index (χ3n) is 4.29. The number of para-hydroxylation sites is 1. The maximum absolute atomic E-state index is 13.0. The topological polar surface area (TPSA) is 65.7 Å². The molecule has 3 aromatic rings. The van der Waals surface area contributed by atoms with E-state index in [9.17, 15) is 9.59 Å². The molecule has 0 bridgehead atoms. The zero-order chi connectivity index (χ0) is 17.8. The van der Waals surface area contributed by atoms with E-state index in [0.717, 1.165) is 0 Å². The first kappa shape index (κ1) is 15.4. The van der Waals surface area contributed by atoms with Gasteiger partial charge in [-0.05, 0) is 32.1 Å². The van der Waals surface area contributed by atoms with E-state index in [2.05, 4.69) is 0 Å². The van der Waals surface area contributed by atoms with Crippen molar-refractivity contribution in [1.82, 2.24) is 0 Å². The normalized spacial score (nSPS) is 15.0. The molecule has 2 aromatic carbocycles. The summed E-state index contributed by atoms with van der Waals surface area (Å²) in [7, 11) is 1.29. The van der Waals surface area contributed by atoms with E-state index in [1.54, 1.807) is 36.4 Å². The number of hydrogen-bond acceptors (Lipinski definition) is 5. The molecule has 0 fully saturated rings. The average molecular weight is 336 g/mol. The molecule has 0 amide bonds. The van der Waals surface area contributed by atoms with Crippen LogP contribution in [0.15, 0.2) is 45.6 Å². The van der Waals surface area contributed by atoms with Gasteiger partial charge < -0.3 is 13.9 Å². The minimum absolute atomic E-state index is 0.168. The molecule has 1 aromatic heterocycles. The van der Waals surface area contributed by atoms with Crippen molar-refractivity contribution in [2.24, 2.45) is 0 Å². The highest BCUT2D eigenvalue weighted by Gasteiger charge is 2.29. The number of hydrogen-bond donors (Lipinski definition) is 0. The van der Waals surface area contributed by atoms with E-state index in [0.29, 0.717) is 27.9 Å². The molecule has 0 spiro atoms. The van der Waals surface area contributed by atoms with Gasteiger partial charge in [-0.15, -0.1) is 0 Å². The quantitative estimate of drug-likeness (QED) is 0.498. The lowest BCUT2D eigenvalue weighted by atomic mass is 9.95. The summed E-state index contributed by atoms with van der Waals surface area (Å²) in [6.07, 6.45) is 3.63. The predicted molar refractivity (Wildman–Crippen MR) is 95.1 cm³/mol. The van der Waals surface area contributed by atoms with Crippen LogP contribution in [0.25, 0.3) is 28.0 Å². The van der Waals surface area contributed by atoms with Gasteiger partial charge in [-0.1, -0.05) is 18.2 Å². The van der Waals surface area contributed by atoms with Gasteiger partial charge in [-0.25, -0.2) is 4.79 Å². The van der Waals surface area contributed by atoms with Crippen molar-refractivity contribution in [3.05, 3.63) is 57.8 Å². The van der Waals surface area contributed by atoms with Crippen LogP contribution in [0.1, 0.15) is 29.8 Å². The smallest absolute Gasteiger partial charge is 0.339 e. The third-order valence-corrected chi connectivity index (χ3v) is 4.29. The van der Waals surface area contributed by atoms with Gasteiger partial charge in [-0.3, -0.25) is 4.79 Å². The summed E-state index contributed by atoms with van der Waals surface area (Å²) in [5, 5.41) is 0.624. The van der Waals surface area contributed by atoms with Crippen LogP contribution in [0, 0.1) is 0 Å². The van der Waals surface area contributed by atoms with E-state index in [4.69, 9.17) is 13.9 Å². The maximum Gasteiger partial charge on any atom is 0.339 e. The first-order chi connectivity index (χ1) is 11.9. The molecule has 25 heavy (non-hydrogen) atoms. The molecule has 1 aliphatic heterocycles. The molecular formula is C20H16O5. The summed E-state index contributed by atoms with van der Waals surface area (Å²) in [6.45, 7) is 3.82. The highest BCUT2D eigenvalue weighted by atomic mass is 16.5. The molecule has 0 saturated heterocycles. The van der Waals surface area contributed by atoms with Crippen LogP contribution < -0.4 is 10.2 Å². The van der Waals surface area contributed by atoms with Crippen LogP contribution in [-0.2, 0) is 4.74 Å². The molecule has 5 heteroatoms. The zero-order valence-corrected chi connectivity index (χ0v) is 14.1. The Labute approximate surface area is 143 Å². The summed E-state index contributed by atoms with van der Waals surface area (Å²) in [6, 6.07) is 8.61. The monoisotopic (exact) mass is 336 g/mol. The molecule has 126 valence electrons. The Balaban J connectivity index is 2.20. The Morgan fingerprint density at radius 2 is 1.92 bits per heavy atom. The first-order valence-electron chi connectivity index (χ1n) is 7.90. The second-order valence-electron chi connectivity index (χ2n) is 6.49. The summed E-state index contributed by atoms with van der Waals surface area (Å²) in [4.78, 5) is 25.5. The Hall–Kier alpha value is -3.08. The summed E-state index contributed by atoms with van der Waals surface area (Å²) in [5.41, 5.74) is 0.668. The third kappa shape index (κ3) is 2.31. The number of fused-ring (bicyclic) bond motifs is 3. The fraction of sp³-hybridized carbons (Fsp3) is 0.200. The second-order valence-corrected chi connectivity index (χ2v) is 6.49. The summed E-state index contributed by atoms with van der Waals surface area (Å²) >= 11 is 0. The standard InChI is InChI=1S/C20H16O5/c1-20(2)9-8-11-14(25-20)10-15-17(16(11)19(22)23-3)18(21)12-6-4-5-7-13(12)24-15/h4-10H,1-3H3. The van der Waals surface area contributed by atoms with Crippen molar-refractivity contribution in [2.45, 2.75) is 19.4 Å². The fourth-order valence-electron chi connectivity index (χ4n) is 3.12. The van der Waals surface area contributed by atoms with E-state index in [1.807, 2.05) is 19.9 Å².